The zero-order valence-electron chi connectivity index (χ0n) is 9.92. The van der Waals surface area contributed by atoms with Crippen molar-refractivity contribution in [1.29, 1.82) is 0 Å². The molecule has 0 saturated heterocycles. The molecule has 0 aromatic heterocycles. The van der Waals surface area contributed by atoms with E-state index in [-0.39, 0.29) is 11.3 Å². The van der Waals surface area contributed by atoms with Crippen molar-refractivity contribution in [2.45, 2.75) is 38.1 Å². The molecule has 0 radical (unpaired) electrons. The lowest BCUT2D eigenvalue weighted by Crippen LogP contribution is -2.34. The number of rotatable bonds is 2. The van der Waals surface area contributed by atoms with E-state index in [2.05, 4.69) is 0 Å². The highest BCUT2D eigenvalue weighted by molar-refractivity contribution is 5.53. The molecule has 1 fully saturated rings. The smallest absolute Gasteiger partial charge is 0.163 e. The Hall–Kier alpha value is -1.22. The Morgan fingerprint density at radius 1 is 1.31 bits per heavy atom. The Labute approximate surface area is 96.2 Å². The molecule has 3 N–H and O–H groups in total. The van der Waals surface area contributed by atoms with E-state index in [0.717, 1.165) is 36.8 Å². The summed E-state index contributed by atoms with van der Waals surface area (Å²) in [4.78, 5) is 0. The number of ether oxygens (including phenoxy) is 1. The van der Waals surface area contributed by atoms with Crippen molar-refractivity contribution >= 4 is 0 Å². The second kappa shape index (κ2) is 3.98. The van der Waals surface area contributed by atoms with Crippen LogP contribution in [-0.2, 0) is 5.54 Å². The number of hydrogen-bond acceptors (Lipinski definition) is 3. The van der Waals surface area contributed by atoms with Gasteiger partial charge in [0.1, 0.15) is 0 Å². The Bertz CT molecular complexity index is 395. The van der Waals surface area contributed by atoms with Crippen LogP contribution in [0.15, 0.2) is 12.1 Å². The maximum Gasteiger partial charge on any atom is 0.163 e. The number of phenols is 1. The largest absolute Gasteiger partial charge is 0.504 e. The van der Waals surface area contributed by atoms with Crippen LogP contribution in [0.3, 0.4) is 0 Å². The number of aromatic hydroxyl groups is 1. The monoisotopic (exact) mass is 221 g/mol. The topological polar surface area (TPSA) is 55.5 Å². The third-order valence-corrected chi connectivity index (χ3v) is 3.56. The number of aryl methyl sites for hydroxylation is 1. The van der Waals surface area contributed by atoms with Gasteiger partial charge in [-0.25, -0.2) is 0 Å². The molecule has 88 valence electrons. The van der Waals surface area contributed by atoms with Crippen molar-refractivity contribution < 1.29 is 9.84 Å². The summed E-state index contributed by atoms with van der Waals surface area (Å²) < 4.78 is 5.14. The van der Waals surface area contributed by atoms with Gasteiger partial charge in [0.2, 0.25) is 0 Å². The predicted octanol–water partition coefficient (Wildman–Crippen LogP) is 2.44. The highest BCUT2D eigenvalue weighted by atomic mass is 16.5. The normalized spacial score (nSPS) is 18.7. The summed E-state index contributed by atoms with van der Waals surface area (Å²) in [6.07, 6.45) is 4.14. The number of benzene rings is 1. The van der Waals surface area contributed by atoms with Crippen LogP contribution in [-0.4, -0.2) is 12.2 Å². The number of methoxy groups -OCH3 is 1. The molecule has 3 heteroatoms. The molecule has 0 atom stereocenters. The first kappa shape index (κ1) is 11.3. The average Bonchev–Trinajstić information content (AvgIpc) is 2.66. The minimum atomic E-state index is -0.372. The molecular formula is C13H19NO2. The Morgan fingerprint density at radius 2 is 1.94 bits per heavy atom. The zero-order valence-corrected chi connectivity index (χ0v) is 9.92. The average molecular weight is 221 g/mol. The van der Waals surface area contributed by atoms with Crippen LogP contribution in [0.5, 0.6) is 11.5 Å². The van der Waals surface area contributed by atoms with Gasteiger partial charge in [0.15, 0.2) is 11.5 Å². The van der Waals surface area contributed by atoms with E-state index in [9.17, 15) is 5.11 Å². The second-order valence-electron chi connectivity index (χ2n) is 4.67. The van der Waals surface area contributed by atoms with Crippen LogP contribution in [0.25, 0.3) is 0 Å². The van der Waals surface area contributed by atoms with Crippen molar-refractivity contribution in [3.63, 3.8) is 0 Å². The number of nitrogens with two attached hydrogens (primary N) is 1. The number of hydrogen-bond donors (Lipinski definition) is 2. The van der Waals surface area contributed by atoms with Gasteiger partial charge in [-0.1, -0.05) is 18.9 Å². The Kier molecular flexibility index (Phi) is 2.80. The summed E-state index contributed by atoms with van der Waals surface area (Å²) >= 11 is 0. The van der Waals surface area contributed by atoms with E-state index in [1.54, 1.807) is 13.2 Å². The lowest BCUT2D eigenvalue weighted by molar-refractivity contribution is 0.354. The fraction of sp³-hybridized carbons (Fsp3) is 0.538. The third-order valence-electron chi connectivity index (χ3n) is 3.56. The molecular weight excluding hydrogens is 202 g/mol. The number of phenolic OH excluding ortho intramolecular Hbond substituents is 1. The summed E-state index contributed by atoms with van der Waals surface area (Å²) in [6, 6.07) is 3.74. The Morgan fingerprint density at radius 3 is 2.50 bits per heavy atom. The van der Waals surface area contributed by atoms with Crippen molar-refractivity contribution in [2.24, 2.45) is 5.73 Å². The van der Waals surface area contributed by atoms with Gasteiger partial charge in [0, 0.05) is 11.1 Å². The minimum Gasteiger partial charge on any atom is -0.504 e. The lowest BCUT2D eigenvalue weighted by atomic mass is 9.85. The van der Waals surface area contributed by atoms with E-state index in [0.29, 0.717) is 5.75 Å². The summed E-state index contributed by atoms with van der Waals surface area (Å²) in [7, 11) is 1.56. The summed E-state index contributed by atoms with van der Waals surface area (Å²) in [6.45, 7) is 1.99. The molecule has 3 nitrogen and oxygen atoms in total. The zero-order chi connectivity index (χ0) is 11.8. The highest BCUT2D eigenvalue weighted by Crippen LogP contribution is 2.45. The molecule has 0 spiro atoms. The van der Waals surface area contributed by atoms with E-state index in [4.69, 9.17) is 10.5 Å². The molecule has 1 aromatic carbocycles. The first-order chi connectivity index (χ1) is 7.58. The molecule has 1 saturated carbocycles. The van der Waals surface area contributed by atoms with Crippen LogP contribution in [0.2, 0.25) is 0 Å². The van der Waals surface area contributed by atoms with Gasteiger partial charge in [-0.2, -0.15) is 0 Å². The lowest BCUT2D eigenvalue weighted by Gasteiger charge is -2.27. The van der Waals surface area contributed by atoms with Crippen LogP contribution >= 0.6 is 0 Å². The molecule has 1 aromatic rings. The molecule has 0 bridgehead atoms. The van der Waals surface area contributed by atoms with E-state index in [1.165, 1.54) is 0 Å². The second-order valence-corrected chi connectivity index (χ2v) is 4.67. The van der Waals surface area contributed by atoms with E-state index < -0.39 is 0 Å². The fourth-order valence-corrected chi connectivity index (χ4v) is 2.72. The molecule has 1 aliphatic rings. The standard InChI is InChI=1S/C13H19NO2/c1-9-5-6-10(16-2)12(15)11(9)13(14)7-3-4-8-13/h5-6,15H,3-4,7-8,14H2,1-2H3. The van der Waals surface area contributed by atoms with E-state index in [1.807, 2.05) is 13.0 Å². The van der Waals surface area contributed by atoms with Crippen molar-refractivity contribution in [3.8, 4) is 11.5 Å². The third kappa shape index (κ3) is 1.65. The van der Waals surface area contributed by atoms with Crippen molar-refractivity contribution in [2.75, 3.05) is 7.11 Å². The van der Waals surface area contributed by atoms with Gasteiger partial charge < -0.3 is 15.6 Å². The van der Waals surface area contributed by atoms with Gasteiger partial charge in [0.25, 0.3) is 0 Å². The van der Waals surface area contributed by atoms with Crippen LogP contribution in [0.4, 0.5) is 0 Å². The highest BCUT2D eigenvalue weighted by Gasteiger charge is 2.35. The van der Waals surface area contributed by atoms with Crippen LogP contribution in [0.1, 0.15) is 36.8 Å². The quantitative estimate of drug-likeness (QED) is 0.806. The maximum atomic E-state index is 10.2. The molecule has 0 aliphatic heterocycles. The van der Waals surface area contributed by atoms with Crippen LogP contribution < -0.4 is 10.5 Å². The first-order valence-corrected chi connectivity index (χ1v) is 5.74. The molecule has 2 rings (SSSR count). The minimum absolute atomic E-state index is 0.215. The van der Waals surface area contributed by atoms with E-state index >= 15 is 0 Å². The SMILES string of the molecule is COc1ccc(C)c(C2(N)CCCC2)c1O. The fourth-order valence-electron chi connectivity index (χ4n) is 2.72. The molecule has 16 heavy (non-hydrogen) atoms. The molecule has 1 aliphatic carbocycles. The molecule has 0 unspecified atom stereocenters. The van der Waals surface area contributed by atoms with Gasteiger partial charge in [-0.15, -0.1) is 0 Å². The summed E-state index contributed by atoms with van der Waals surface area (Å²) in [5.41, 5.74) is 7.93. The predicted molar refractivity (Wildman–Crippen MR) is 63.7 cm³/mol. The first-order valence-electron chi connectivity index (χ1n) is 5.74. The van der Waals surface area contributed by atoms with Gasteiger partial charge >= 0.3 is 0 Å². The van der Waals surface area contributed by atoms with Gasteiger partial charge in [-0.3, -0.25) is 0 Å². The Balaban J connectivity index is 2.54. The van der Waals surface area contributed by atoms with Crippen LogP contribution in [0, 0.1) is 6.92 Å². The summed E-state index contributed by atoms with van der Waals surface area (Å²) in [5.74, 6) is 0.726. The molecule has 0 amide bonds. The van der Waals surface area contributed by atoms with Crippen molar-refractivity contribution in [3.05, 3.63) is 23.3 Å². The molecule has 0 heterocycles. The van der Waals surface area contributed by atoms with Gasteiger partial charge in [-0.05, 0) is 31.4 Å². The summed E-state index contributed by atoms with van der Waals surface area (Å²) in [5, 5.41) is 10.2. The maximum absolute atomic E-state index is 10.2. The van der Waals surface area contributed by atoms with Gasteiger partial charge in [0.05, 0.1) is 7.11 Å². The van der Waals surface area contributed by atoms with Crippen molar-refractivity contribution in [1.82, 2.24) is 0 Å².